The molecule has 0 aliphatic carbocycles. The molecule has 0 fully saturated rings. The summed E-state index contributed by atoms with van der Waals surface area (Å²) in [4.78, 5) is 12.4. The molecule has 0 aliphatic heterocycles. The molecule has 0 unspecified atom stereocenters. The highest BCUT2D eigenvalue weighted by Gasteiger charge is 2.12. The van der Waals surface area contributed by atoms with Crippen molar-refractivity contribution in [2.75, 3.05) is 11.9 Å². The van der Waals surface area contributed by atoms with Crippen molar-refractivity contribution in [3.8, 4) is 5.75 Å². The van der Waals surface area contributed by atoms with Crippen molar-refractivity contribution in [1.29, 1.82) is 0 Å². The lowest BCUT2D eigenvalue weighted by molar-refractivity contribution is 0.102. The summed E-state index contributed by atoms with van der Waals surface area (Å²) in [6.07, 6.45) is 2.05. The summed E-state index contributed by atoms with van der Waals surface area (Å²) in [5.74, 6) is 0.488. The fourth-order valence-corrected chi connectivity index (χ4v) is 1.94. The van der Waals surface area contributed by atoms with Crippen LogP contribution in [-0.2, 0) is 0 Å². The number of unbranched alkanes of at least 4 members (excludes halogenated alkanes) is 1. The molecule has 1 amide bonds. The number of ether oxygens (including phenoxy) is 1. The van der Waals surface area contributed by atoms with E-state index in [0.29, 0.717) is 17.9 Å². The molecule has 2 aromatic rings. The molecule has 21 heavy (non-hydrogen) atoms. The van der Waals surface area contributed by atoms with Crippen LogP contribution in [0.1, 0.15) is 35.7 Å². The van der Waals surface area contributed by atoms with E-state index in [1.807, 2.05) is 49.4 Å². The number of nitrogens with one attached hydrogen (secondary N) is 1. The topological polar surface area (TPSA) is 38.3 Å². The zero-order valence-electron chi connectivity index (χ0n) is 12.6. The quantitative estimate of drug-likeness (QED) is 0.797. The number of carbonyl (C=O) groups is 1. The number of anilines is 1. The molecular formula is C18H21NO2. The summed E-state index contributed by atoms with van der Waals surface area (Å²) < 4.78 is 5.69. The molecule has 2 aromatic carbocycles. The van der Waals surface area contributed by atoms with Crippen LogP contribution in [0.25, 0.3) is 0 Å². The molecule has 0 spiro atoms. The van der Waals surface area contributed by atoms with Crippen LogP contribution in [0, 0.1) is 6.92 Å². The molecule has 0 aromatic heterocycles. The third-order valence-electron chi connectivity index (χ3n) is 3.20. The molecule has 0 atom stereocenters. The molecule has 2 rings (SSSR count). The van der Waals surface area contributed by atoms with Gasteiger partial charge in [0.1, 0.15) is 5.75 Å². The van der Waals surface area contributed by atoms with E-state index >= 15 is 0 Å². The number of para-hydroxylation sites is 1. The Bertz CT molecular complexity index is 590. The molecule has 110 valence electrons. The summed E-state index contributed by atoms with van der Waals surface area (Å²) in [6.45, 7) is 4.76. The van der Waals surface area contributed by atoms with E-state index in [1.165, 1.54) is 0 Å². The summed E-state index contributed by atoms with van der Waals surface area (Å²) >= 11 is 0. The van der Waals surface area contributed by atoms with E-state index in [1.54, 1.807) is 6.07 Å². The minimum atomic E-state index is -0.147. The third-order valence-corrected chi connectivity index (χ3v) is 3.20. The lowest BCUT2D eigenvalue weighted by Crippen LogP contribution is -2.13. The summed E-state index contributed by atoms with van der Waals surface area (Å²) in [6, 6.07) is 15.1. The van der Waals surface area contributed by atoms with Gasteiger partial charge >= 0.3 is 0 Å². The van der Waals surface area contributed by atoms with Gasteiger partial charge in [-0.25, -0.2) is 0 Å². The van der Waals surface area contributed by atoms with E-state index < -0.39 is 0 Å². The molecule has 0 bridgehead atoms. The van der Waals surface area contributed by atoms with Crippen LogP contribution < -0.4 is 10.1 Å². The molecule has 0 radical (unpaired) electrons. The maximum absolute atomic E-state index is 12.4. The third kappa shape index (κ3) is 4.35. The Morgan fingerprint density at radius 1 is 1.10 bits per heavy atom. The standard InChI is InChI=1S/C18H21NO2/c1-3-4-13-21-17-8-6-5-7-16(17)18(20)19-15-11-9-14(2)10-12-15/h5-12H,3-4,13H2,1-2H3,(H,19,20). The lowest BCUT2D eigenvalue weighted by Gasteiger charge is -2.11. The fourth-order valence-electron chi connectivity index (χ4n) is 1.94. The lowest BCUT2D eigenvalue weighted by atomic mass is 10.1. The van der Waals surface area contributed by atoms with Gasteiger partial charge in [-0.2, -0.15) is 0 Å². The number of hydrogen-bond donors (Lipinski definition) is 1. The second-order valence-electron chi connectivity index (χ2n) is 5.02. The largest absolute Gasteiger partial charge is 0.493 e. The second kappa shape index (κ2) is 7.48. The SMILES string of the molecule is CCCCOc1ccccc1C(=O)Nc1ccc(C)cc1. The molecule has 0 aliphatic rings. The Labute approximate surface area is 126 Å². The van der Waals surface area contributed by atoms with Crippen molar-refractivity contribution < 1.29 is 9.53 Å². The maximum atomic E-state index is 12.4. The number of amides is 1. The van der Waals surface area contributed by atoms with Crippen molar-refractivity contribution in [1.82, 2.24) is 0 Å². The molecular weight excluding hydrogens is 262 g/mol. The first-order valence-electron chi connectivity index (χ1n) is 7.30. The van der Waals surface area contributed by atoms with E-state index in [9.17, 15) is 4.79 Å². The van der Waals surface area contributed by atoms with Crippen molar-refractivity contribution >= 4 is 11.6 Å². The average molecular weight is 283 g/mol. The molecule has 0 saturated heterocycles. The molecule has 0 saturated carbocycles. The Balaban J connectivity index is 2.09. The minimum Gasteiger partial charge on any atom is -0.493 e. The first-order valence-corrected chi connectivity index (χ1v) is 7.30. The van der Waals surface area contributed by atoms with Crippen molar-refractivity contribution in [3.05, 3.63) is 59.7 Å². The van der Waals surface area contributed by atoms with Gasteiger partial charge in [0.25, 0.3) is 5.91 Å². The first-order chi connectivity index (χ1) is 10.2. The normalized spacial score (nSPS) is 10.2. The van der Waals surface area contributed by atoms with Crippen molar-refractivity contribution in [2.24, 2.45) is 0 Å². The fraction of sp³-hybridized carbons (Fsp3) is 0.278. The highest BCUT2D eigenvalue weighted by molar-refractivity contribution is 6.06. The van der Waals surface area contributed by atoms with Crippen LogP contribution in [0.5, 0.6) is 5.75 Å². The zero-order chi connectivity index (χ0) is 15.1. The van der Waals surface area contributed by atoms with Crippen LogP contribution in [0.3, 0.4) is 0 Å². The number of aryl methyl sites for hydroxylation is 1. The van der Waals surface area contributed by atoms with Gasteiger partial charge in [0, 0.05) is 5.69 Å². The minimum absolute atomic E-state index is 0.147. The van der Waals surface area contributed by atoms with Gasteiger partial charge in [0.05, 0.1) is 12.2 Å². The molecule has 0 heterocycles. The molecule has 3 heteroatoms. The van der Waals surface area contributed by atoms with E-state index in [0.717, 1.165) is 24.1 Å². The average Bonchev–Trinajstić information content (AvgIpc) is 2.50. The van der Waals surface area contributed by atoms with Gasteiger partial charge in [-0.3, -0.25) is 4.79 Å². The summed E-state index contributed by atoms with van der Waals surface area (Å²) in [5, 5.41) is 2.90. The Morgan fingerprint density at radius 2 is 1.81 bits per heavy atom. The van der Waals surface area contributed by atoms with Gasteiger partial charge in [-0.15, -0.1) is 0 Å². The van der Waals surface area contributed by atoms with Crippen LogP contribution >= 0.6 is 0 Å². The van der Waals surface area contributed by atoms with Crippen LogP contribution in [0.4, 0.5) is 5.69 Å². The van der Waals surface area contributed by atoms with Gasteiger partial charge in [0.15, 0.2) is 0 Å². The van der Waals surface area contributed by atoms with E-state index in [4.69, 9.17) is 4.74 Å². The Hall–Kier alpha value is -2.29. The van der Waals surface area contributed by atoms with E-state index in [2.05, 4.69) is 12.2 Å². The van der Waals surface area contributed by atoms with Gasteiger partial charge in [-0.05, 0) is 37.6 Å². The number of carbonyl (C=O) groups excluding carboxylic acids is 1. The molecule has 3 nitrogen and oxygen atoms in total. The summed E-state index contributed by atoms with van der Waals surface area (Å²) in [7, 11) is 0. The van der Waals surface area contributed by atoms with Crippen LogP contribution in [-0.4, -0.2) is 12.5 Å². The zero-order valence-corrected chi connectivity index (χ0v) is 12.6. The molecule has 1 N–H and O–H groups in total. The second-order valence-corrected chi connectivity index (χ2v) is 5.02. The number of rotatable bonds is 6. The number of hydrogen-bond acceptors (Lipinski definition) is 2. The first kappa shape index (κ1) is 15.1. The van der Waals surface area contributed by atoms with Crippen LogP contribution in [0.2, 0.25) is 0 Å². The highest BCUT2D eigenvalue weighted by Crippen LogP contribution is 2.20. The maximum Gasteiger partial charge on any atom is 0.259 e. The number of benzene rings is 2. The van der Waals surface area contributed by atoms with Crippen LogP contribution in [0.15, 0.2) is 48.5 Å². The predicted octanol–water partition coefficient (Wildman–Crippen LogP) is 4.43. The van der Waals surface area contributed by atoms with Gasteiger partial charge in [0.2, 0.25) is 0 Å². The Morgan fingerprint density at radius 3 is 2.52 bits per heavy atom. The Kier molecular flexibility index (Phi) is 5.38. The monoisotopic (exact) mass is 283 g/mol. The highest BCUT2D eigenvalue weighted by atomic mass is 16.5. The smallest absolute Gasteiger partial charge is 0.259 e. The van der Waals surface area contributed by atoms with Crippen molar-refractivity contribution in [3.63, 3.8) is 0 Å². The van der Waals surface area contributed by atoms with Crippen molar-refractivity contribution in [2.45, 2.75) is 26.7 Å². The predicted molar refractivity (Wildman–Crippen MR) is 86.0 cm³/mol. The summed E-state index contributed by atoms with van der Waals surface area (Å²) in [5.41, 5.74) is 2.51. The van der Waals surface area contributed by atoms with Gasteiger partial charge < -0.3 is 10.1 Å². The van der Waals surface area contributed by atoms with E-state index in [-0.39, 0.29) is 5.91 Å². The van der Waals surface area contributed by atoms with Gasteiger partial charge in [-0.1, -0.05) is 43.2 Å².